The van der Waals surface area contributed by atoms with Gasteiger partial charge in [-0.25, -0.2) is 8.42 Å². The first-order valence-corrected chi connectivity index (χ1v) is 9.18. The second-order valence-corrected chi connectivity index (χ2v) is 7.81. The molecule has 2 rings (SSSR count). The number of hydrogen-bond acceptors (Lipinski definition) is 4. The van der Waals surface area contributed by atoms with Crippen molar-refractivity contribution < 1.29 is 8.42 Å². The lowest BCUT2D eigenvalue weighted by molar-refractivity contribution is 0.268. The van der Waals surface area contributed by atoms with Crippen LogP contribution < -0.4 is 5.32 Å². The number of nitrogens with one attached hydrogen (secondary N) is 1. The minimum Gasteiger partial charge on any atom is -0.312 e. The number of hydrogen-bond donors (Lipinski definition) is 1. The predicted molar refractivity (Wildman–Crippen MR) is 78.9 cm³/mol. The van der Waals surface area contributed by atoms with Crippen molar-refractivity contribution in [3.05, 3.63) is 16.3 Å². The monoisotopic (exact) mass is 302 g/mol. The molecule has 0 radical (unpaired) electrons. The van der Waals surface area contributed by atoms with Crippen LogP contribution >= 0.6 is 11.3 Å². The molecule has 1 unspecified atom stereocenters. The van der Waals surface area contributed by atoms with Gasteiger partial charge in [0.2, 0.25) is 10.0 Å². The van der Waals surface area contributed by atoms with Crippen LogP contribution in [0.4, 0.5) is 0 Å². The first kappa shape index (κ1) is 15.0. The molecule has 0 bridgehead atoms. The highest BCUT2D eigenvalue weighted by Gasteiger charge is 2.32. The summed E-state index contributed by atoms with van der Waals surface area (Å²) in [6, 6.07) is 1.86. The Morgan fingerprint density at radius 3 is 2.95 bits per heavy atom. The Morgan fingerprint density at radius 1 is 1.47 bits per heavy atom. The molecular weight excluding hydrogens is 280 g/mol. The zero-order valence-electron chi connectivity index (χ0n) is 11.6. The molecule has 0 aromatic carbocycles. The molecule has 6 heteroatoms. The van der Waals surface area contributed by atoms with Crippen LogP contribution in [0.2, 0.25) is 0 Å². The van der Waals surface area contributed by atoms with Gasteiger partial charge in [-0.1, -0.05) is 13.3 Å². The first-order chi connectivity index (χ1) is 9.07. The van der Waals surface area contributed by atoms with Crippen molar-refractivity contribution >= 4 is 21.4 Å². The molecule has 0 amide bonds. The highest BCUT2D eigenvalue weighted by Crippen LogP contribution is 2.29. The number of sulfonamides is 1. The SMILES string of the molecule is CCNCc1sccc1S(=O)(=O)N1CCCCC1C. The van der Waals surface area contributed by atoms with Gasteiger partial charge >= 0.3 is 0 Å². The topological polar surface area (TPSA) is 49.4 Å². The Balaban J connectivity index is 2.26. The summed E-state index contributed by atoms with van der Waals surface area (Å²) in [7, 11) is -3.33. The van der Waals surface area contributed by atoms with Crippen LogP contribution in [0.15, 0.2) is 16.3 Å². The molecule has 0 spiro atoms. The number of rotatable bonds is 5. The van der Waals surface area contributed by atoms with E-state index in [1.165, 1.54) is 11.3 Å². The van der Waals surface area contributed by atoms with E-state index >= 15 is 0 Å². The Bertz CT molecular complexity index is 510. The molecule has 1 aromatic heterocycles. The van der Waals surface area contributed by atoms with E-state index in [-0.39, 0.29) is 6.04 Å². The summed E-state index contributed by atoms with van der Waals surface area (Å²) in [5, 5.41) is 5.07. The van der Waals surface area contributed by atoms with E-state index in [0.29, 0.717) is 18.0 Å². The van der Waals surface area contributed by atoms with Crippen molar-refractivity contribution in [2.75, 3.05) is 13.1 Å². The maximum atomic E-state index is 12.7. The molecule has 1 atom stereocenters. The van der Waals surface area contributed by atoms with Crippen LogP contribution in [0.5, 0.6) is 0 Å². The van der Waals surface area contributed by atoms with Crippen molar-refractivity contribution in [2.24, 2.45) is 0 Å². The highest BCUT2D eigenvalue weighted by atomic mass is 32.2. The van der Waals surface area contributed by atoms with Crippen LogP contribution in [0.3, 0.4) is 0 Å². The second-order valence-electron chi connectivity index (χ2n) is 4.95. The third-order valence-corrected chi connectivity index (χ3v) is 6.72. The van der Waals surface area contributed by atoms with Gasteiger partial charge < -0.3 is 5.32 Å². The molecular formula is C13H22N2O2S2. The standard InChI is InChI=1S/C13H22N2O2S2/c1-3-14-10-12-13(7-9-18-12)19(16,17)15-8-5-4-6-11(15)2/h7,9,11,14H,3-6,8,10H2,1-2H3. The van der Waals surface area contributed by atoms with E-state index in [9.17, 15) is 8.42 Å². The van der Waals surface area contributed by atoms with Crippen LogP contribution in [-0.2, 0) is 16.6 Å². The minimum atomic E-state index is -3.33. The fourth-order valence-electron chi connectivity index (χ4n) is 2.48. The van der Waals surface area contributed by atoms with E-state index < -0.39 is 10.0 Å². The largest absolute Gasteiger partial charge is 0.312 e. The summed E-state index contributed by atoms with van der Waals surface area (Å²) in [5.41, 5.74) is 0. The van der Waals surface area contributed by atoms with Crippen molar-refractivity contribution in [3.8, 4) is 0 Å². The smallest absolute Gasteiger partial charge is 0.244 e. The van der Waals surface area contributed by atoms with Crippen molar-refractivity contribution in [2.45, 2.75) is 50.6 Å². The molecule has 1 fully saturated rings. The Labute approximate surface area is 119 Å². The zero-order valence-corrected chi connectivity index (χ0v) is 13.2. The fraction of sp³-hybridized carbons (Fsp3) is 0.692. The van der Waals surface area contributed by atoms with Gasteiger partial charge in [-0.3, -0.25) is 0 Å². The first-order valence-electron chi connectivity index (χ1n) is 6.86. The van der Waals surface area contributed by atoms with Gasteiger partial charge in [0.05, 0.1) is 4.90 Å². The molecule has 4 nitrogen and oxygen atoms in total. The lowest BCUT2D eigenvalue weighted by Crippen LogP contribution is -2.42. The van der Waals surface area contributed by atoms with Crippen molar-refractivity contribution in [1.29, 1.82) is 0 Å². The minimum absolute atomic E-state index is 0.116. The van der Waals surface area contributed by atoms with Gasteiger partial charge in [0.25, 0.3) is 0 Å². The second kappa shape index (κ2) is 6.35. The van der Waals surface area contributed by atoms with Gasteiger partial charge in [-0.2, -0.15) is 4.31 Å². The normalized spacial score (nSPS) is 21.7. The quantitative estimate of drug-likeness (QED) is 0.909. The maximum Gasteiger partial charge on any atom is 0.244 e. The van der Waals surface area contributed by atoms with Crippen LogP contribution in [-0.4, -0.2) is 31.9 Å². The van der Waals surface area contributed by atoms with Crippen LogP contribution in [0.1, 0.15) is 38.0 Å². The predicted octanol–water partition coefficient (Wildman–Crippen LogP) is 2.42. The van der Waals surface area contributed by atoms with Gasteiger partial charge in [0.15, 0.2) is 0 Å². The fourth-order valence-corrected chi connectivity index (χ4v) is 5.57. The molecule has 1 aromatic rings. The third-order valence-electron chi connectivity index (χ3n) is 3.57. The van der Waals surface area contributed by atoms with Gasteiger partial charge in [0, 0.05) is 24.0 Å². The van der Waals surface area contributed by atoms with Crippen LogP contribution in [0, 0.1) is 0 Å². The van der Waals surface area contributed by atoms with E-state index in [0.717, 1.165) is 30.7 Å². The van der Waals surface area contributed by atoms with E-state index in [4.69, 9.17) is 0 Å². The Kier molecular flexibility index (Phi) is 5.00. The van der Waals surface area contributed by atoms with Crippen LogP contribution in [0.25, 0.3) is 0 Å². The lowest BCUT2D eigenvalue weighted by Gasteiger charge is -2.32. The van der Waals surface area contributed by atoms with Gasteiger partial charge in [-0.05, 0) is 37.8 Å². The Morgan fingerprint density at radius 2 is 2.26 bits per heavy atom. The van der Waals surface area contributed by atoms with Gasteiger partial charge in [-0.15, -0.1) is 11.3 Å². The number of nitrogens with zero attached hydrogens (tertiary/aromatic N) is 1. The summed E-state index contributed by atoms with van der Waals surface area (Å²) in [6.07, 6.45) is 3.06. The average molecular weight is 302 g/mol. The molecule has 1 aliphatic rings. The molecule has 108 valence electrons. The zero-order chi connectivity index (χ0) is 13.9. The third kappa shape index (κ3) is 3.18. The summed E-state index contributed by atoms with van der Waals surface area (Å²) in [6.45, 7) is 6.16. The highest BCUT2D eigenvalue weighted by molar-refractivity contribution is 7.89. The molecule has 2 heterocycles. The maximum absolute atomic E-state index is 12.7. The molecule has 1 N–H and O–H groups in total. The van der Waals surface area contributed by atoms with Crippen molar-refractivity contribution in [1.82, 2.24) is 9.62 Å². The summed E-state index contributed by atoms with van der Waals surface area (Å²) < 4.78 is 27.2. The lowest BCUT2D eigenvalue weighted by atomic mass is 10.1. The van der Waals surface area contributed by atoms with E-state index in [1.54, 1.807) is 10.4 Å². The molecule has 0 aliphatic carbocycles. The molecule has 19 heavy (non-hydrogen) atoms. The molecule has 1 saturated heterocycles. The van der Waals surface area contributed by atoms with Gasteiger partial charge in [0.1, 0.15) is 0 Å². The van der Waals surface area contributed by atoms with E-state index in [1.807, 2.05) is 19.2 Å². The number of thiophene rings is 1. The summed E-state index contributed by atoms with van der Waals surface area (Å²) in [4.78, 5) is 1.41. The molecule has 0 saturated carbocycles. The van der Waals surface area contributed by atoms with E-state index in [2.05, 4.69) is 5.32 Å². The average Bonchev–Trinajstić information content (AvgIpc) is 2.85. The van der Waals surface area contributed by atoms with Crippen molar-refractivity contribution in [3.63, 3.8) is 0 Å². The molecule has 1 aliphatic heterocycles. The Hall–Kier alpha value is -0.430. The summed E-state index contributed by atoms with van der Waals surface area (Å²) in [5.74, 6) is 0. The summed E-state index contributed by atoms with van der Waals surface area (Å²) >= 11 is 1.51. The number of piperidine rings is 1.